The highest BCUT2D eigenvalue weighted by molar-refractivity contribution is 5.89. The topological polar surface area (TPSA) is 83.4 Å². The molecule has 0 bridgehead atoms. The van der Waals surface area contributed by atoms with Gasteiger partial charge in [0.15, 0.2) is 11.5 Å². The van der Waals surface area contributed by atoms with Gasteiger partial charge >= 0.3 is 0 Å². The van der Waals surface area contributed by atoms with Crippen LogP contribution >= 0.6 is 0 Å². The number of hydrogen-bond acceptors (Lipinski definition) is 6. The molecule has 0 aliphatic heterocycles. The highest BCUT2D eigenvalue weighted by Crippen LogP contribution is 2.41. The van der Waals surface area contributed by atoms with Crippen LogP contribution in [0.4, 0.5) is 0 Å². The molecule has 3 rings (SSSR count). The molecule has 2 heterocycles. The first kappa shape index (κ1) is 15.7. The van der Waals surface area contributed by atoms with Gasteiger partial charge in [-0.3, -0.25) is 4.40 Å². The first-order chi connectivity index (χ1) is 11.7. The molecule has 0 atom stereocenters. The molecule has 0 saturated carbocycles. The van der Waals surface area contributed by atoms with Crippen molar-refractivity contribution >= 4 is 11.7 Å². The van der Waals surface area contributed by atoms with Gasteiger partial charge in [-0.1, -0.05) is 6.07 Å². The van der Waals surface area contributed by atoms with E-state index in [1.165, 1.54) is 6.21 Å². The molecule has 0 aliphatic carbocycles. The second kappa shape index (κ2) is 6.49. The minimum Gasteiger partial charge on any atom is -0.493 e. The number of hydrazone groups is 1. The van der Waals surface area contributed by atoms with Crippen LogP contribution in [0, 0.1) is 0 Å². The Kier molecular flexibility index (Phi) is 4.24. The van der Waals surface area contributed by atoms with E-state index in [-0.39, 0.29) is 0 Å². The molecule has 24 heavy (non-hydrogen) atoms. The third-order valence-corrected chi connectivity index (χ3v) is 3.70. The fourth-order valence-electron chi connectivity index (χ4n) is 2.64. The molecular weight excluding hydrogens is 308 g/mol. The largest absolute Gasteiger partial charge is 0.493 e. The normalized spacial score (nSPS) is 11.1. The summed E-state index contributed by atoms with van der Waals surface area (Å²) in [7, 11) is 4.73. The fraction of sp³-hybridized carbons (Fsp3) is 0.176. The van der Waals surface area contributed by atoms with Gasteiger partial charge in [0.05, 0.1) is 33.1 Å². The predicted octanol–water partition coefficient (Wildman–Crippen LogP) is 2.32. The minimum absolute atomic E-state index is 0.536. The summed E-state index contributed by atoms with van der Waals surface area (Å²) in [5, 5.41) is 3.59. The van der Waals surface area contributed by atoms with E-state index in [9.17, 15) is 0 Å². The molecule has 2 aromatic heterocycles. The number of fused-ring (bicyclic) bond motifs is 1. The Hall–Kier alpha value is -3.22. The molecule has 0 radical (unpaired) electrons. The van der Waals surface area contributed by atoms with Gasteiger partial charge in [-0.2, -0.15) is 5.10 Å². The Morgan fingerprint density at radius 2 is 1.79 bits per heavy atom. The molecule has 0 amide bonds. The summed E-state index contributed by atoms with van der Waals surface area (Å²) < 4.78 is 18.2. The molecule has 3 aromatic rings. The third kappa shape index (κ3) is 2.50. The number of aromatic nitrogens is 2. The molecule has 124 valence electrons. The molecule has 7 nitrogen and oxygen atoms in total. The second-order valence-corrected chi connectivity index (χ2v) is 4.97. The van der Waals surface area contributed by atoms with Gasteiger partial charge in [0.2, 0.25) is 5.75 Å². The number of imidazole rings is 1. The minimum atomic E-state index is 0.536. The van der Waals surface area contributed by atoms with Crippen molar-refractivity contribution in [3.05, 3.63) is 42.2 Å². The Balaban J connectivity index is 2.28. The number of hydrogen-bond donors (Lipinski definition) is 1. The Bertz CT molecular complexity index is 877. The van der Waals surface area contributed by atoms with E-state index in [1.54, 1.807) is 21.3 Å². The summed E-state index contributed by atoms with van der Waals surface area (Å²) >= 11 is 0. The van der Waals surface area contributed by atoms with Crippen LogP contribution in [-0.4, -0.2) is 36.9 Å². The molecular formula is C17H18N4O3. The SMILES string of the molecule is COc1cc(-c2nc(/C=N/N)c3ccccn23)cc(OC)c1OC. The van der Waals surface area contributed by atoms with E-state index in [0.29, 0.717) is 22.9 Å². The number of pyridine rings is 1. The molecule has 0 aliphatic rings. The van der Waals surface area contributed by atoms with E-state index in [0.717, 1.165) is 16.9 Å². The maximum atomic E-state index is 5.42. The van der Waals surface area contributed by atoms with Crippen molar-refractivity contribution in [2.75, 3.05) is 21.3 Å². The quantitative estimate of drug-likeness (QED) is 0.442. The maximum Gasteiger partial charge on any atom is 0.203 e. The summed E-state index contributed by atoms with van der Waals surface area (Å²) in [5.74, 6) is 7.68. The zero-order valence-corrected chi connectivity index (χ0v) is 13.7. The van der Waals surface area contributed by atoms with Crippen LogP contribution in [0.1, 0.15) is 5.69 Å². The molecule has 2 N–H and O–H groups in total. The van der Waals surface area contributed by atoms with Crippen molar-refractivity contribution in [2.24, 2.45) is 10.9 Å². The number of rotatable bonds is 5. The van der Waals surface area contributed by atoms with Crippen LogP contribution < -0.4 is 20.1 Å². The standard InChI is InChI=1S/C17H18N4O3/c1-22-14-8-11(9-15(23-2)16(14)24-3)17-20-12(10-19-18)13-6-4-5-7-21(13)17/h4-10H,18H2,1-3H3/b19-10+. The van der Waals surface area contributed by atoms with Crippen LogP contribution in [0.3, 0.4) is 0 Å². The van der Waals surface area contributed by atoms with Crippen LogP contribution in [0.25, 0.3) is 16.9 Å². The molecule has 7 heteroatoms. The van der Waals surface area contributed by atoms with Gasteiger partial charge in [0, 0.05) is 11.8 Å². The number of methoxy groups -OCH3 is 3. The zero-order valence-electron chi connectivity index (χ0n) is 13.7. The van der Waals surface area contributed by atoms with Gasteiger partial charge < -0.3 is 20.1 Å². The van der Waals surface area contributed by atoms with Gasteiger partial charge in [0.25, 0.3) is 0 Å². The first-order valence-corrected chi connectivity index (χ1v) is 7.24. The van der Waals surface area contributed by atoms with E-state index < -0.39 is 0 Å². The monoisotopic (exact) mass is 326 g/mol. The number of nitrogens with zero attached hydrogens (tertiary/aromatic N) is 3. The molecule has 1 aromatic carbocycles. The van der Waals surface area contributed by atoms with E-state index in [2.05, 4.69) is 10.1 Å². The van der Waals surface area contributed by atoms with E-state index in [4.69, 9.17) is 20.1 Å². The van der Waals surface area contributed by atoms with Crippen molar-refractivity contribution in [2.45, 2.75) is 0 Å². The Morgan fingerprint density at radius 3 is 2.38 bits per heavy atom. The lowest BCUT2D eigenvalue weighted by Crippen LogP contribution is -1.97. The Labute approximate surface area is 139 Å². The van der Waals surface area contributed by atoms with Crippen molar-refractivity contribution in [1.29, 1.82) is 0 Å². The van der Waals surface area contributed by atoms with Crippen LogP contribution in [0.5, 0.6) is 17.2 Å². The summed E-state index contributed by atoms with van der Waals surface area (Å²) in [5.41, 5.74) is 2.40. The Morgan fingerprint density at radius 1 is 1.08 bits per heavy atom. The average molecular weight is 326 g/mol. The lowest BCUT2D eigenvalue weighted by Gasteiger charge is -2.13. The van der Waals surface area contributed by atoms with Crippen molar-refractivity contribution < 1.29 is 14.2 Å². The van der Waals surface area contributed by atoms with E-state index in [1.807, 2.05) is 40.9 Å². The predicted molar refractivity (Wildman–Crippen MR) is 92.1 cm³/mol. The van der Waals surface area contributed by atoms with Crippen molar-refractivity contribution in [3.63, 3.8) is 0 Å². The lowest BCUT2D eigenvalue weighted by molar-refractivity contribution is 0.324. The number of nitrogens with two attached hydrogens (primary N) is 1. The summed E-state index contributed by atoms with van der Waals surface area (Å²) in [6, 6.07) is 9.52. The number of ether oxygens (including phenoxy) is 3. The summed E-state index contributed by atoms with van der Waals surface area (Å²) in [6.07, 6.45) is 3.45. The van der Waals surface area contributed by atoms with Gasteiger partial charge in [-0.25, -0.2) is 4.98 Å². The smallest absolute Gasteiger partial charge is 0.203 e. The first-order valence-electron chi connectivity index (χ1n) is 7.24. The van der Waals surface area contributed by atoms with E-state index >= 15 is 0 Å². The van der Waals surface area contributed by atoms with Gasteiger partial charge in [-0.05, 0) is 24.3 Å². The molecule has 0 saturated heterocycles. The summed E-state index contributed by atoms with van der Waals surface area (Å²) in [6.45, 7) is 0. The van der Waals surface area contributed by atoms with Crippen LogP contribution in [0.2, 0.25) is 0 Å². The maximum absolute atomic E-state index is 5.42. The molecule has 0 spiro atoms. The number of benzene rings is 1. The zero-order chi connectivity index (χ0) is 17.1. The van der Waals surface area contributed by atoms with Crippen LogP contribution in [-0.2, 0) is 0 Å². The fourth-order valence-corrected chi connectivity index (χ4v) is 2.64. The van der Waals surface area contributed by atoms with Crippen LogP contribution in [0.15, 0.2) is 41.6 Å². The van der Waals surface area contributed by atoms with Gasteiger partial charge in [0.1, 0.15) is 11.5 Å². The second-order valence-electron chi connectivity index (χ2n) is 4.97. The van der Waals surface area contributed by atoms with Crippen molar-refractivity contribution in [3.8, 4) is 28.6 Å². The third-order valence-electron chi connectivity index (χ3n) is 3.70. The van der Waals surface area contributed by atoms with Crippen molar-refractivity contribution in [1.82, 2.24) is 9.38 Å². The van der Waals surface area contributed by atoms with Gasteiger partial charge in [-0.15, -0.1) is 0 Å². The highest BCUT2D eigenvalue weighted by Gasteiger charge is 2.18. The summed E-state index contributed by atoms with van der Waals surface area (Å²) in [4.78, 5) is 4.64. The molecule has 0 unspecified atom stereocenters. The highest BCUT2D eigenvalue weighted by atomic mass is 16.5. The lowest BCUT2D eigenvalue weighted by atomic mass is 10.1. The molecule has 0 fully saturated rings. The average Bonchev–Trinajstić information content (AvgIpc) is 2.99.